The van der Waals surface area contributed by atoms with Gasteiger partial charge in [-0.3, -0.25) is 9.59 Å². The molecule has 5 heteroatoms. The Morgan fingerprint density at radius 2 is 1.77 bits per heavy atom. The Labute approximate surface area is 132 Å². The van der Waals surface area contributed by atoms with Crippen molar-refractivity contribution in [3.63, 3.8) is 0 Å². The molecule has 0 aliphatic rings. The Hall–Kier alpha value is -1.88. The summed E-state index contributed by atoms with van der Waals surface area (Å²) in [6.45, 7) is 7.62. The Morgan fingerprint density at radius 3 is 2.27 bits per heavy atom. The smallest absolute Gasteiger partial charge is 0.313 e. The summed E-state index contributed by atoms with van der Waals surface area (Å²) in [5.41, 5.74) is 0.700. The molecule has 1 rings (SSSR count). The molecule has 1 aromatic carbocycles. The van der Waals surface area contributed by atoms with Crippen LogP contribution in [0.25, 0.3) is 0 Å². The van der Waals surface area contributed by atoms with Gasteiger partial charge in [-0.2, -0.15) is 0 Å². The number of aliphatic hydroxyl groups is 1. The van der Waals surface area contributed by atoms with Crippen molar-refractivity contribution in [3.8, 4) is 0 Å². The SMILES string of the molecule is CCc1ccc(NC(=O)C(=O)NC[C@](C)(O)[C@@H](C)CC)cc1. The summed E-state index contributed by atoms with van der Waals surface area (Å²) < 4.78 is 0. The highest BCUT2D eigenvalue weighted by Crippen LogP contribution is 2.18. The average molecular weight is 306 g/mol. The number of hydrogen-bond acceptors (Lipinski definition) is 3. The van der Waals surface area contributed by atoms with Crippen LogP contribution in [0.3, 0.4) is 0 Å². The third-order valence-electron chi connectivity index (χ3n) is 4.11. The molecule has 0 saturated carbocycles. The van der Waals surface area contributed by atoms with Crippen LogP contribution in [-0.2, 0) is 16.0 Å². The molecular weight excluding hydrogens is 280 g/mol. The zero-order valence-electron chi connectivity index (χ0n) is 13.8. The Kier molecular flexibility index (Phi) is 6.56. The summed E-state index contributed by atoms with van der Waals surface area (Å²) in [4.78, 5) is 23.6. The van der Waals surface area contributed by atoms with Gasteiger partial charge in [0.1, 0.15) is 0 Å². The molecule has 2 amide bonds. The third-order valence-corrected chi connectivity index (χ3v) is 4.11. The molecule has 0 aliphatic carbocycles. The molecule has 0 aromatic heterocycles. The summed E-state index contributed by atoms with van der Waals surface area (Å²) in [5.74, 6) is -1.45. The van der Waals surface area contributed by atoms with E-state index in [9.17, 15) is 14.7 Å². The number of carbonyl (C=O) groups is 2. The number of amides is 2. The molecule has 122 valence electrons. The molecule has 0 bridgehead atoms. The lowest BCUT2D eigenvalue weighted by atomic mass is 9.89. The van der Waals surface area contributed by atoms with Crippen molar-refractivity contribution in [2.75, 3.05) is 11.9 Å². The Morgan fingerprint density at radius 1 is 1.18 bits per heavy atom. The van der Waals surface area contributed by atoms with Crippen LogP contribution in [0.1, 0.15) is 39.7 Å². The molecule has 3 N–H and O–H groups in total. The van der Waals surface area contributed by atoms with Gasteiger partial charge >= 0.3 is 11.8 Å². The highest BCUT2D eigenvalue weighted by atomic mass is 16.3. The summed E-state index contributed by atoms with van der Waals surface area (Å²) in [6.07, 6.45) is 1.71. The number of benzene rings is 1. The molecule has 5 nitrogen and oxygen atoms in total. The van der Waals surface area contributed by atoms with Crippen molar-refractivity contribution in [1.82, 2.24) is 5.32 Å². The molecule has 22 heavy (non-hydrogen) atoms. The molecule has 0 fully saturated rings. The first-order valence-corrected chi connectivity index (χ1v) is 7.70. The lowest BCUT2D eigenvalue weighted by molar-refractivity contribution is -0.137. The van der Waals surface area contributed by atoms with E-state index in [1.165, 1.54) is 0 Å². The zero-order valence-corrected chi connectivity index (χ0v) is 13.8. The summed E-state index contributed by atoms with van der Waals surface area (Å²) >= 11 is 0. The van der Waals surface area contributed by atoms with Crippen LogP contribution in [0.4, 0.5) is 5.69 Å². The average Bonchev–Trinajstić information content (AvgIpc) is 2.52. The number of nitrogens with one attached hydrogen (secondary N) is 2. The third kappa shape index (κ3) is 5.15. The first-order chi connectivity index (χ1) is 10.3. The van der Waals surface area contributed by atoms with E-state index in [-0.39, 0.29) is 12.5 Å². The van der Waals surface area contributed by atoms with Crippen LogP contribution < -0.4 is 10.6 Å². The van der Waals surface area contributed by atoms with Crippen LogP contribution in [0.2, 0.25) is 0 Å². The van der Waals surface area contributed by atoms with Gasteiger partial charge in [-0.1, -0.05) is 39.3 Å². The molecule has 0 spiro atoms. The van der Waals surface area contributed by atoms with E-state index < -0.39 is 17.4 Å². The van der Waals surface area contributed by atoms with Gasteiger partial charge in [0, 0.05) is 12.2 Å². The molecule has 0 radical (unpaired) electrons. The second kappa shape index (κ2) is 7.94. The first kappa shape index (κ1) is 18.2. The molecule has 0 unspecified atom stereocenters. The summed E-state index contributed by atoms with van der Waals surface area (Å²) in [6, 6.07) is 7.33. The minimum absolute atomic E-state index is 0.0254. The number of aryl methyl sites for hydroxylation is 1. The lowest BCUT2D eigenvalue weighted by Crippen LogP contribution is -2.47. The second-order valence-electron chi connectivity index (χ2n) is 5.85. The maximum atomic E-state index is 11.8. The van der Waals surface area contributed by atoms with Gasteiger partial charge in [-0.25, -0.2) is 0 Å². The van der Waals surface area contributed by atoms with Gasteiger partial charge in [0.05, 0.1) is 5.60 Å². The van der Waals surface area contributed by atoms with E-state index in [1.54, 1.807) is 19.1 Å². The van der Waals surface area contributed by atoms with Gasteiger partial charge in [-0.15, -0.1) is 0 Å². The fraction of sp³-hybridized carbons (Fsp3) is 0.529. The number of carbonyl (C=O) groups excluding carboxylic acids is 2. The molecule has 1 aromatic rings. The van der Waals surface area contributed by atoms with Gasteiger partial charge in [0.2, 0.25) is 0 Å². The van der Waals surface area contributed by atoms with E-state index in [1.807, 2.05) is 32.9 Å². The van der Waals surface area contributed by atoms with Crippen molar-refractivity contribution in [2.45, 2.75) is 46.1 Å². The highest BCUT2D eigenvalue weighted by Gasteiger charge is 2.28. The van der Waals surface area contributed by atoms with Crippen molar-refractivity contribution >= 4 is 17.5 Å². The topological polar surface area (TPSA) is 78.4 Å². The van der Waals surface area contributed by atoms with E-state index in [4.69, 9.17) is 0 Å². The second-order valence-corrected chi connectivity index (χ2v) is 5.85. The van der Waals surface area contributed by atoms with Gasteiger partial charge < -0.3 is 15.7 Å². The van der Waals surface area contributed by atoms with E-state index in [0.29, 0.717) is 5.69 Å². The van der Waals surface area contributed by atoms with Crippen LogP contribution in [0, 0.1) is 5.92 Å². The number of rotatable bonds is 6. The number of hydrogen-bond donors (Lipinski definition) is 3. The van der Waals surface area contributed by atoms with Gasteiger partial charge in [0.25, 0.3) is 0 Å². The number of anilines is 1. The molecule has 0 aliphatic heterocycles. The summed E-state index contributed by atoms with van der Waals surface area (Å²) in [5, 5.41) is 15.2. The van der Waals surface area contributed by atoms with E-state index in [0.717, 1.165) is 18.4 Å². The Balaban J connectivity index is 2.53. The first-order valence-electron chi connectivity index (χ1n) is 7.70. The quantitative estimate of drug-likeness (QED) is 0.704. The van der Waals surface area contributed by atoms with Crippen molar-refractivity contribution < 1.29 is 14.7 Å². The zero-order chi connectivity index (χ0) is 16.8. The normalized spacial score (nSPS) is 14.8. The fourth-order valence-electron chi connectivity index (χ4n) is 1.97. The Bertz CT molecular complexity index is 509. The monoisotopic (exact) mass is 306 g/mol. The van der Waals surface area contributed by atoms with Crippen LogP contribution in [0.15, 0.2) is 24.3 Å². The molecule has 0 saturated heterocycles. The van der Waals surface area contributed by atoms with Crippen LogP contribution in [0.5, 0.6) is 0 Å². The van der Waals surface area contributed by atoms with Crippen LogP contribution >= 0.6 is 0 Å². The van der Waals surface area contributed by atoms with Crippen molar-refractivity contribution in [1.29, 1.82) is 0 Å². The lowest BCUT2D eigenvalue weighted by Gasteiger charge is -2.29. The molecule has 0 heterocycles. The van der Waals surface area contributed by atoms with Crippen LogP contribution in [-0.4, -0.2) is 29.1 Å². The highest BCUT2D eigenvalue weighted by molar-refractivity contribution is 6.39. The summed E-state index contributed by atoms with van der Waals surface area (Å²) in [7, 11) is 0. The van der Waals surface area contributed by atoms with E-state index in [2.05, 4.69) is 10.6 Å². The minimum atomic E-state index is -1.03. The predicted molar refractivity (Wildman–Crippen MR) is 87.5 cm³/mol. The van der Waals surface area contributed by atoms with E-state index >= 15 is 0 Å². The van der Waals surface area contributed by atoms with Gasteiger partial charge in [0.15, 0.2) is 0 Å². The molecular formula is C17H26N2O3. The largest absolute Gasteiger partial charge is 0.388 e. The minimum Gasteiger partial charge on any atom is -0.388 e. The molecule has 2 atom stereocenters. The fourth-order valence-corrected chi connectivity index (χ4v) is 1.97. The maximum absolute atomic E-state index is 11.8. The van der Waals surface area contributed by atoms with Gasteiger partial charge in [-0.05, 0) is 37.0 Å². The predicted octanol–water partition coefficient (Wildman–Crippen LogP) is 2.10. The van der Waals surface area contributed by atoms with Crippen molar-refractivity contribution in [3.05, 3.63) is 29.8 Å². The maximum Gasteiger partial charge on any atom is 0.313 e. The van der Waals surface area contributed by atoms with Crippen molar-refractivity contribution in [2.24, 2.45) is 5.92 Å². The standard InChI is InChI=1S/C17H26N2O3/c1-5-12(3)17(4,22)11-18-15(20)16(21)19-14-9-7-13(6-2)8-10-14/h7-10,12,22H,5-6,11H2,1-4H3,(H,18,20)(H,19,21)/t12-,17-/m0/s1.